The molecule has 0 fully saturated rings. The van der Waals surface area contributed by atoms with Crippen molar-refractivity contribution in [3.8, 4) is 11.4 Å². The molecule has 27 heavy (non-hydrogen) atoms. The first-order valence-electron chi connectivity index (χ1n) is 8.21. The van der Waals surface area contributed by atoms with Gasteiger partial charge < -0.3 is 10.1 Å². The Morgan fingerprint density at radius 3 is 2.67 bits per heavy atom. The summed E-state index contributed by atoms with van der Waals surface area (Å²) in [6, 6.07) is 13.1. The van der Waals surface area contributed by atoms with E-state index in [1.54, 1.807) is 48.5 Å². The molecule has 2 aromatic carbocycles. The first kappa shape index (κ1) is 18.5. The lowest BCUT2D eigenvalue weighted by molar-refractivity contribution is 0.262. The van der Waals surface area contributed by atoms with Crippen molar-refractivity contribution in [2.75, 3.05) is 17.2 Å². The van der Waals surface area contributed by atoms with E-state index in [-0.39, 0.29) is 5.82 Å². The molecule has 1 aromatic heterocycles. The molecule has 0 spiro atoms. The molecule has 8 heteroatoms. The number of urea groups is 1. The van der Waals surface area contributed by atoms with Gasteiger partial charge in [0.2, 0.25) is 5.82 Å². The number of anilines is 2. The minimum Gasteiger partial charge on any atom is -0.494 e. The SMILES string of the molecule is CCOc1ccc(NC(=O)Nc2nccn(-c3cccc(Cl)c3)c2=O)cc1. The highest BCUT2D eigenvalue weighted by Crippen LogP contribution is 2.16. The lowest BCUT2D eigenvalue weighted by Crippen LogP contribution is -2.28. The Hall–Kier alpha value is -3.32. The minimum absolute atomic E-state index is 0.0964. The zero-order valence-electron chi connectivity index (χ0n) is 14.5. The van der Waals surface area contributed by atoms with E-state index < -0.39 is 11.6 Å². The average molecular weight is 385 g/mol. The van der Waals surface area contributed by atoms with E-state index in [1.807, 2.05) is 6.92 Å². The van der Waals surface area contributed by atoms with Gasteiger partial charge in [-0.2, -0.15) is 0 Å². The summed E-state index contributed by atoms with van der Waals surface area (Å²) in [5.74, 6) is 0.610. The van der Waals surface area contributed by atoms with Gasteiger partial charge in [0.1, 0.15) is 5.75 Å². The fraction of sp³-hybridized carbons (Fsp3) is 0.105. The maximum absolute atomic E-state index is 12.6. The Bertz CT molecular complexity index is 1000. The first-order chi connectivity index (χ1) is 13.1. The number of hydrogen-bond donors (Lipinski definition) is 2. The first-order valence-corrected chi connectivity index (χ1v) is 8.59. The molecule has 0 unspecified atom stereocenters. The van der Waals surface area contributed by atoms with Crippen LogP contribution >= 0.6 is 11.6 Å². The average Bonchev–Trinajstić information content (AvgIpc) is 2.65. The number of rotatable bonds is 5. The summed E-state index contributed by atoms with van der Waals surface area (Å²) in [4.78, 5) is 28.7. The molecular weight excluding hydrogens is 368 g/mol. The molecule has 0 atom stereocenters. The lowest BCUT2D eigenvalue weighted by Gasteiger charge is -2.10. The summed E-state index contributed by atoms with van der Waals surface area (Å²) in [7, 11) is 0. The summed E-state index contributed by atoms with van der Waals surface area (Å²) in [5.41, 5.74) is 0.661. The zero-order chi connectivity index (χ0) is 19.2. The molecule has 0 aliphatic heterocycles. The van der Waals surface area contributed by atoms with Crippen LogP contribution in [0.2, 0.25) is 5.02 Å². The van der Waals surface area contributed by atoms with Crippen LogP contribution in [0.3, 0.4) is 0 Å². The summed E-state index contributed by atoms with van der Waals surface area (Å²) < 4.78 is 6.70. The number of nitrogens with zero attached hydrogens (tertiary/aromatic N) is 2. The fourth-order valence-corrected chi connectivity index (χ4v) is 2.58. The van der Waals surface area contributed by atoms with Crippen LogP contribution in [0.1, 0.15) is 6.92 Å². The van der Waals surface area contributed by atoms with Gasteiger partial charge in [0, 0.05) is 23.1 Å². The number of carbonyl (C=O) groups is 1. The maximum atomic E-state index is 12.6. The number of halogens is 1. The number of amides is 2. The van der Waals surface area contributed by atoms with Crippen LogP contribution in [0.25, 0.3) is 5.69 Å². The maximum Gasteiger partial charge on any atom is 0.325 e. The van der Waals surface area contributed by atoms with E-state index >= 15 is 0 Å². The van der Waals surface area contributed by atoms with Crippen LogP contribution in [0.4, 0.5) is 16.3 Å². The van der Waals surface area contributed by atoms with Crippen LogP contribution in [-0.2, 0) is 0 Å². The predicted molar refractivity (Wildman–Crippen MR) is 105 cm³/mol. The van der Waals surface area contributed by atoms with Gasteiger partial charge in [0.05, 0.1) is 12.3 Å². The van der Waals surface area contributed by atoms with Gasteiger partial charge in [0.25, 0.3) is 5.56 Å². The molecule has 138 valence electrons. The molecule has 0 saturated carbocycles. The van der Waals surface area contributed by atoms with E-state index in [4.69, 9.17) is 16.3 Å². The quantitative estimate of drug-likeness (QED) is 0.698. The smallest absolute Gasteiger partial charge is 0.325 e. The number of hydrogen-bond acceptors (Lipinski definition) is 4. The second kappa shape index (κ2) is 8.37. The highest BCUT2D eigenvalue weighted by molar-refractivity contribution is 6.30. The van der Waals surface area contributed by atoms with Crippen LogP contribution in [-0.4, -0.2) is 22.2 Å². The summed E-state index contributed by atoms with van der Waals surface area (Å²) in [5, 5.41) is 5.60. The van der Waals surface area contributed by atoms with Crippen LogP contribution in [0, 0.1) is 0 Å². The molecule has 0 saturated heterocycles. The van der Waals surface area contributed by atoms with Crippen molar-refractivity contribution in [2.24, 2.45) is 0 Å². The van der Waals surface area contributed by atoms with Crippen molar-refractivity contribution in [3.05, 3.63) is 76.3 Å². The van der Waals surface area contributed by atoms with Crippen molar-refractivity contribution < 1.29 is 9.53 Å². The molecule has 2 N–H and O–H groups in total. The molecule has 3 rings (SSSR count). The van der Waals surface area contributed by atoms with E-state index in [0.717, 1.165) is 0 Å². The number of ether oxygens (including phenoxy) is 1. The van der Waals surface area contributed by atoms with Crippen molar-refractivity contribution >= 4 is 29.1 Å². The normalized spacial score (nSPS) is 10.3. The van der Waals surface area contributed by atoms with Crippen LogP contribution < -0.4 is 20.9 Å². The van der Waals surface area contributed by atoms with Gasteiger partial charge in [0.15, 0.2) is 0 Å². The van der Waals surface area contributed by atoms with Gasteiger partial charge in [-0.1, -0.05) is 17.7 Å². The molecule has 7 nitrogen and oxygen atoms in total. The van der Waals surface area contributed by atoms with Gasteiger partial charge in [-0.3, -0.25) is 14.7 Å². The summed E-state index contributed by atoms with van der Waals surface area (Å²) in [6.07, 6.45) is 2.93. The Balaban J connectivity index is 1.74. The number of aromatic nitrogens is 2. The van der Waals surface area contributed by atoms with Gasteiger partial charge in [-0.25, -0.2) is 9.78 Å². The fourth-order valence-electron chi connectivity index (χ4n) is 2.40. The lowest BCUT2D eigenvalue weighted by atomic mass is 10.3. The molecule has 1 heterocycles. The number of nitrogens with one attached hydrogen (secondary N) is 2. The number of benzene rings is 2. The van der Waals surface area contributed by atoms with E-state index in [2.05, 4.69) is 15.6 Å². The van der Waals surface area contributed by atoms with Crippen molar-refractivity contribution in [2.45, 2.75) is 6.92 Å². The van der Waals surface area contributed by atoms with E-state index in [0.29, 0.717) is 28.8 Å². The monoisotopic (exact) mass is 384 g/mol. The Morgan fingerprint density at radius 1 is 1.19 bits per heavy atom. The van der Waals surface area contributed by atoms with E-state index in [1.165, 1.54) is 17.0 Å². The molecule has 2 amide bonds. The highest BCUT2D eigenvalue weighted by atomic mass is 35.5. The second-order valence-corrected chi connectivity index (χ2v) is 5.90. The highest BCUT2D eigenvalue weighted by Gasteiger charge is 2.10. The Labute approximate surface area is 160 Å². The summed E-state index contributed by atoms with van der Waals surface area (Å²) in [6.45, 7) is 2.45. The topological polar surface area (TPSA) is 85.2 Å². The largest absolute Gasteiger partial charge is 0.494 e. The third kappa shape index (κ3) is 4.65. The van der Waals surface area contributed by atoms with Crippen molar-refractivity contribution in [3.63, 3.8) is 0 Å². The Kier molecular flexibility index (Phi) is 5.73. The van der Waals surface area contributed by atoms with E-state index in [9.17, 15) is 9.59 Å². The molecule has 3 aromatic rings. The molecule has 0 bridgehead atoms. The number of carbonyl (C=O) groups excluding carboxylic acids is 1. The van der Waals surface area contributed by atoms with Gasteiger partial charge in [-0.05, 0) is 49.4 Å². The molecule has 0 aliphatic carbocycles. The second-order valence-electron chi connectivity index (χ2n) is 5.47. The molecule has 0 aliphatic rings. The molecule has 0 radical (unpaired) electrons. The third-order valence-corrected chi connectivity index (χ3v) is 3.82. The van der Waals surface area contributed by atoms with Crippen molar-refractivity contribution in [1.82, 2.24) is 9.55 Å². The van der Waals surface area contributed by atoms with Crippen LogP contribution in [0.15, 0.2) is 65.7 Å². The molecular formula is C19H17ClN4O3. The van der Waals surface area contributed by atoms with Crippen molar-refractivity contribution in [1.29, 1.82) is 0 Å². The zero-order valence-corrected chi connectivity index (χ0v) is 15.2. The van der Waals surface area contributed by atoms with Gasteiger partial charge >= 0.3 is 6.03 Å². The standard InChI is InChI=1S/C19H17ClN4O3/c1-2-27-16-8-6-14(7-9-16)22-19(26)23-17-18(25)24(11-10-21-17)15-5-3-4-13(20)12-15/h3-12H,2H2,1H3,(H2,21,22,23,26). The van der Waals surface area contributed by atoms with Crippen LogP contribution in [0.5, 0.6) is 5.75 Å². The summed E-state index contributed by atoms with van der Waals surface area (Å²) >= 11 is 5.97. The minimum atomic E-state index is -0.576. The third-order valence-electron chi connectivity index (χ3n) is 3.58. The Morgan fingerprint density at radius 2 is 1.96 bits per heavy atom. The predicted octanol–water partition coefficient (Wildman–Crippen LogP) is 3.93. The van der Waals surface area contributed by atoms with Gasteiger partial charge in [-0.15, -0.1) is 0 Å².